The summed E-state index contributed by atoms with van der Waals surface area (Å²) in [6.07, 6.45) is 0.900. The zero-order valence-electron chi connectivity index (χ0n) is 4.50. The fourth-order valence-electron chi connectivity index (χ4n) is 0.419. The predicted octanol–water partition coefficient (Wildman–Crippen LogP) is -0.0724. The molecule has 1 aromatic rings. The van der Waals surface area contributed by atoms with Crippen molar-refractivity contribution in [1.82, 2.24) is 0 Å². The van der Waals surface area contributed by atoms with E-state index in [-0.39, 0.29) is 5.88 Å². The Morgan fingerprint density at radius 1 is 1.67 bits per heavy atom. The van der Waals surface area contributed by atoms with Crippen molar-refractivity contribution in [3.05, 3.63) is 22.6 Å². The third-order valence-electron chi connectivity index (χ3n) is 0.832. The lowest BCUT2D eigenvalue weighted by atomic mass is 10.4. The smallest absolute Gasteiger partial charge is 0.228 e. The third kappa shape index (κ3) is 1.02. The van der Waals surface area contributed by atoms with Gasteiger partial charge in [-0.2, -0.15) is 0 Å². The fourth-order valence-corrected chi connectivity index (χ4v) is 0.419. The Bertz CT molecular complexity index is 265. The first kappa shape index (κ1) is 5.68. The van der Waals surface area contributed by atoms with Crippen LogP contribution in [0, 0.1) is 0 Å². The molecule has 0 aromatic carbocycles. The molecule has 9 heavy (non-hydrogen) atoms. The van der Waals surface area contributed by atoms with Crippen LogP contribution in [-0.4, -0.2) is 5.11 Å². The minimum absolute atomic E-state index is 0.00204. The summed E-state index contributed by atoms with van der Waals surface area (Å²) in [6, 6.07) is 1.01. The normalized spacial score (nSPS) is 9.33. The van der Waals surface area contributed by atoms with Crippen LogP contribution in [0.2, 0.25) is 0 Å². The molecular weight excluding hydrogens is 122 g/mol. The van der Waals surface area contributed by atoms with Crippen molar-refractivity contribution >= 4 is 5.88 Å². The number of anilines is 1. The molecule has 0 fully saturated rings. The maximum atomic E-state index is 10.4. The molecule has 0 aliphatic carbocycles. The van der Waals surface area contributed by atoms with Gasteiger partial charge in [0, 0.05) is 6.07 Å². The van der Waals surface area contributed by atoms with Crippen LogP contribution >= 0.6 is 0 Å². The topological polar surface area (TPSA) is 76.5 Å². The largest absolute Gasteiger partial charge is 0.502 e. The van der Waals surface area contributed by atoms with Crippen molar-refractivity contribution in [3.63, 3.8) is 0 Å². The molecule has 0 aliphatic rings. The molecule has 0 radical (unpaired) electrons. The van der Waals surface area contributed by atoms with Gasteiger partial charge in [0.25, 0.3) is 0 Å². The molecule has 1 rings (SSSR count). The van der Waals surface area contributed by atoms with Crippen molar-refractivity contribution in [2.45, 2.75) is 0 Å². The van der Waals surface area contributed by atoms with E-state index < -0.39 is 11.2 Å². The van der Waals surface area contributed by atoms with Gasteiger partial charge in [-0.3, -0.25) is 4.79 Å². The van der Waals surface area contributed by atoms with E-state index in [0.29, 0.717) is 0 Å². The number of rotatable bonds is 0. The summed E-state index contributed by atoms with van der Waals surface area (Å²) in [6.45, 7) is 0. The molecule has 0 amide bonds. The molecule has 1 heterocycles. The Hall–Kier alpha value is -1.45. The van der Waals surface area contributed by atoms with E-state index in [4.69, 9.17) is 10.8 Å². The monoisotopic (exact) mass is 127 g/mol. The highest BCUT2D eigenvalue weighted by Crippen LogP contribution is 2.02. The SMILES string of the molecule is Nc1cc(=O)c(O)co1. The second-order valence-corrected chi connectivity index (χ2v) is 1.53. The molecule has 0 bridgehead atoms. The maximum Gasteiger partial charge on any atom is 0.228 e. The van der Waals surface area contributed by atoms with E-state index in [2.05, 4.69) is 4.42 Å². The molecule has 4 heteroatoms. The van der Waals surface area contributed by atoms with E-state index in [1.807, 2.05) is 0 Å². The van der Waals surface area contributed by atoms with Gasteiger partial charge in [-0.15, -0.1) is 0 Å². The van der Waals surface area contributed by atoms with Crippen LogP contribution in [0.5, 0.6) is 5.75 Å². The second kappa shape index (κ2) is 1.81. The summed E-state index contributed by atoms with van der Waals surface area (Å²) in [5.74, 6) is -0.429. The second-order valence-electron chi connectivity index (χ2n) is 1.53. The fraction of sp³-hybridized carbons (Fsp3) is 0. The molecule has 48 valence electrons. The van der Waals surface area contributed by atoms with Gasteiger partial charge in [-0.25, -0.2) is 0 Å². The number of hydrogen-bond donors (Lipinski definition) is 2. The van der Waals surface area contributed by atoms with Gasteiger partial charge in [0.15, 0.2) is 11.6 Å². The molecule has 0 unspecified atom stereocenters. The zero-order chi connectivity index (χ0) is 6.85. The Morgan fingerprint density at radius 2 is 2.33 bits per heavy atom. The first-order valence-corrected chi connectivity index (χ1v) is 2.27. The average Bonchev–Trinajstić information content (AvgIpc) is 1.80. The summed E-state index contributed by atoms with van der Waals surface area (Å²) in [7, 11) is 0. The van der Waals surface area contributed by atoms with Crippen LogP contribution in [0.1, 0.15) is 0 Å². The molecular formula is C5H5NO3. The minimum Gasteiger partial charge on any atom is -0.502 e. The van der Waals surface area contributed by atoms with E-state index in [1.165, 1.54) is 0 Å². The van der Waals surface area contributed by atoms with Crippen LogP contribution in [0.3, 0.4) is 0 Å². The van der Waals surface area contributed by atoms with E-state index in [9.17, 15) is 4.79 Å². The first-order chi connectivity index (χ1) is 4.20. The lowest BCUT2D eigenvalue weighted by Gasteiger charge is -1.88. The summed E-state index contributed by atoms with van der Waals surface area (Å²) < 4.78 is 4.47. The number of nitrogens with two attached hydrogens (primary N) is 1. The van der Waals surface area contributed by atoms with Crippen molar-refractivity contribution in [2.75, 3.05) is 5.73 Å². The van der Waals surface area contributed by atoms with Crippen LogP contribution < -0.4 is 11.2 Å². The summed E-state index contributed by atoms with van der Waals surface area (Å²) in [4.78, 5) is 10.4. The van der Waals surface area contributed by atoms with Crippen LogP contribution in [-0.2, 0) is 0 Å². The number of hydrogen-bond acceptors (Lipinski definition) is 4. The van der Waals surface area contributed by atoms with Gasteiger partial charge in [0.1, 0.15) is 6.26 Å². The van der Waals surface area contributed by atoms with Crippen LogP contribution in [0.15, 0.2) is 21.5 Å². The highest BCUT2D eigenvalue weighted by molar-refractivity contribution is 5.27. The summed E-state index contributed by atoms with van der Waals surface area (Å²) in [5.41, 5.74) is 4.52. The first-order valence-electron chi connectivity index (χ1n) is 2.27. The standard InChI is InChI=1S/C5H5NO3/c6-5-1-3(7)4(8)2-9-5/h1-2,8H,6H2. The Kier molecular flexibility index (Phi) is 1.14. The lowest BCUT2D eigenvalue weighted by molar-refractivity contribution is 0.435. The molecule has 3 N–H and O–H groups in total. The van der Waals surface area contributed by atoms with Gasteiger partial charge in [-0.05, 0) is 0 Å². The molecule has 1 aromatic heterocycles. The Labute approximate surface area is 50.5 Å². The Morgan fingerprint density at radius 3 is 2.78 bits per heavy atom. The van der Waals surface area contributed by atoms with Crippen molar-refractivity contribution in [1.29, 1.82) is 0 Å². The highest BCUT2D eigenvalue weighted by atomic mass is 16.4. The van der Waals surface area contributed by atoms with Gasteiger partial charge >= 0.3 is 0 Å². The van der Waals surface area contributed by atoms with Crippen LogP contribution in [0.25, 0.3) is 0 Å². The molecule has 0 atom stereocenters. The predicted molar refractivity (Wildman–Crippen MR) is 31.1 cm³/mol. The van der Waals surface area contributed by atoms with Gasteiger partial charge in [0.05, 0.1) is 0 Å². The zero-order valence-corrected chi connectivity index (χ0v) is 4.50. The van der Waals surface area contributed by atoms with E-state index >= 15 is 0 Å². The van der Waals surface area contributed by atoms with E-state index in [1.54, 1.807) is 0 Å². The van der Waals surface area contributed by atoms with Gasteiger partial charge in [0.2, 0.25) is 5.43 Å². The number of nitrogen functional groups attached to an aromatic ring is 1. The molecule has 0 saturated heterocycles. The van der Waals surface area contributed by atoms with E-state index in [0.717, 1.165) is 12.3 Å². The quantitative estimate of drug-likeness (QED) is 0.511. The molecule has 0 aliphatic heterocycles. The van der Waals surface area contributed by atoms with Crippen molar-refractivity contribution < 1.29 is 9.52 Å². The molecule has 0 saturated carbocycles. The molecule has 4 nitrogen and oxygen atoms in total. The number of aromatic hydroxyl groups is 1. The van der Waals surface area contributed by atoms with Gasteiger partial charge < -0.3 is 15.3 Å². The molecule has 0 spiro atoms. The Balaban J connectivity index is 3.34. The average molecular weight is 127 g/mol. The van der Waals surface area contributed by atoms with Crippen molar-refractivity contribution in [2.24, 2.45) is 0 Å². The highest BCUT2D eigenvalue weighted by Gasteiger charge is 1.95. The summed E-state index contributed by atoms with van der Waals surface area (Å²) in [5, 5.41) is 8.58. The lowest BCUT2D eigenvalue weighted by Crippen LogP contribution is -1.99. The van der Waals surface area contributed by atoms with Crippen molar-refractivity contribution in [3.8, 4) is 5.75 Å². The summed E-state index contributed by atoms with van der Waals surface area (Å²) >= 11 is 0. The third-order valence-corrected chi connectivity index (χ3v) is 0.832. The van der Waals surface area contributed by atoms with Crippen LogP contribution in [0.4, 0.5) is 5.88 Å². The minimum atomic E-state index is -0.529. The maximum absolute atomic E-state index is 10.4. The van der Waals surface area contributed by atoms with Gasteiger partial charge in [-0.1, -0.05) is 0 Å².